The summed E-state index contributed by atoms with van der Waals surface area (Å²) in [6.07, 6.45) is 0. The third-order valence-electron chi connectivity index (χ3n) is 3.92. The number of hydrogen-bond donors (Lipinski definition) is 1. The highest BCUT2D eigenvalue weighted by Gasteiger charge is 2.16. The third kappa shape index (κ3) is 1.79. The van der Waals surface area contributed by atoms with Crippen LogP contribution in [0.1, 0.15) is 10.4 Å². The molecular weight excluding hydrogens is 272 g/mol. The van der Waals surface area contributed by atoms with Crippen molar-refractivity contribution < 1.29 is 4.79 Å². The van der Waals surface area contributed by atoms with E-state index < -0.39 is 0 Å². The Hall–Kier alpha value is -3.07. The van der Waals surface area contributed by atoms with Gasteiger partial charge in [0.05, 0.1) is 11.0 Å². The van der Waals surface area contributed by atoms with E-state index in [0.29, 0.717) is 11.3 Å². The van der Waals surface area contributed by atoms with Gasteiger partial charge in [0.1, 0.15) is 0 Å². The second-order valence-electron chi connectivity index (χ2n) is 5.30. The van der Waals surface area contributed by atoms with Crippen LogP contribution in [0.15, 0.2) is 72.8 Å². The van der Waals surface area contributed by atoms with Gasteiger partial charge in [-0.3, -0.25) is 9.36 Å². The van der Waals surface area contributed by atoms with Gasteiger partial charge in [0.25, 0.3) is 5.91 Å². The maximum Gasteiger partial charge on any atom is 0.262 e. The minimum Gasteiger partial charge on any atom is -0.399 e. The molecule has 0 unspecified atom stereocenters. The van der Waals surface area contributed by atoms with Gasteiger partial charge in [-0.1, -0.05) is 36.4 Å². The lowest BCUT2D eigenvalue weighted by atomic mass is 10.1. The Morgan fingerprint density at radius 3 is 2.27 bits per heavy atom. The molecule has 1 aromatic heterocycles. The molecule has 0 aliphatic heterocycles. The van der Waals surface area contributed by atoms with Gasteiger partial charge in [-0.2, -0.15) is 0 Å². The number of fused-ring (bicyclic) bond motifs is 3. The average molecular weight is 286 g/mol. The number of benzene rings is 3. The summed E-state index contributed by atoms with van der Waals surface area (Å²) in [5.41, 5.74) is 9.06. The second kappa shape index (κ2) is 4.74. The van der Waals surface area contributed by atoms with Crippen molar-refractivity contribution in [3.8, 4) is 0 Å². The number of rotatable bonds is 1. The van der Waals surface area contributed by atoms with Crippen LogP contribution in [-0.2, 0) is 0 Å². The maximum absolute atomic E-state index is 13.0. The molecule has 4 rings (SSSR count). The van der Waals surface area contributed by atoms with Gasteiger partial charge < -0.3 is 5.73 Å². The molecule has 0 saturated heterocycles. The Bertz CT molecular complexity index is 1000. The van der Waals surface area contributed by atoms with E-state index in [2.05, 4.69) is 0 Å². The molecule has 22 heavy (non-hydrogen) atoms. The van der Waals surface area contributed by atoms with Crippen LogP contribution in [0.2, 0.25) is 0 Å². The molecule has 2 N–H and O–H groups in total. The second-order valence-corrected chi connectivity index (χ2v) is 5.30. The van der Waals surface area contributed by atoms with E-state index in [1.807, 2.05) is 72.8 Å². The predicted molar refractivity (Wildman–Crippen MR) is 90.0 cm³/mol. The highest BCUT2D eigenvalue weighted by atomic mass is 16.2. The number of carbonyl (C=O) groups excluding carboxylic acids is 1. The minimum atomic E-state index is -0.0310. The summed E-state index contributed by atoms with van der Waals surface area (Å²) in [5, 5.41) is 2.04. The van der Waals surface area contributed by atoms with Gasteiger partial charge in [0.2, 0.25) is 0 Å². The highest BCUT2D eigenvalue weighted by molar-refractivity contribution is 6.16. The van der Waals surface area contributed by atoms with Crippen molar-refractivity contribution in [1.29, 1.82) is 0 Å². The van der Waals surface area contributed by atoms with Crippen molar-refractivity contribution in [3.63, 3.8) is 0 Å². The monoisotopic (exact) mass is 286 g/mol. The standard InChI is InChI=1S/C19H14N2O/c20-14-10-11-18-16(12-14)15-8-4-5-9-17(15)21(18)19(22)13-6-2-1-3-7-13/h1-12H,20H2. The Labute approximate surface area is 127 Å². The van der Waals surface area contributed by atoms with Crippen molar-refractivity contribution >= 4 is 33.4 Å². The number of hydrogen-bond acceptors (Lipinski definition) is 2. The average Bonchev–Trinajstić information content (AvgIpc) is 2.89. The lowest BCUT2D eigenvalue weighted by molar-refractivity contribution is 0.0969. The van der Waals surface area contributed by atoms with E-state index in [9.17, 15) is 4.79 Å². The summed E-state index contributed by atoms with van der Waals surface area (Å²) in [7, 11) is 0. The van der Waals surface area contributed by atoms with E-state index in [0.717, 1.165) is 21.8 Å². The lowest BCUT2D eigenvalue weighted by Crippen LogP contribution is -2.11. The summed E-state index contributed by atoms with van der Waals surface area (Å²) in [6.45, 7) is 0. The number of nitrogens with two attached hydrogens (primary N) is 1. The number of aromatic nitrogens is 1. The number of carbonyl (C=O) groups is 1. The Morgan fingerprint density at radius 1 is 0.773 bits per heavy atom. The molecule has 0 atom stereocenters. The lowest BCUT2D eigenvalue weighted by Gasteiger charge is -2.06. The summed E-state index contributed by atoms with van der Waals surface area (Å²) in [4.78, 5) is 13.0. The summed E-state index contributed by atoms with van der Waals surface area (Å²) in [6, 6.07) is 22.9. The first kappa shape index (κ1) is 12.7. The molecular formula is C19H14N2O. The number of nitrogens with zero attached hydrogens (tertiary/aromatic N) is 1. The molecule has 0 radical (unpaired) electrons. The molecule has 0 saturated carbocycles. The van der Waals surface area contributed by atoms with Gasteiger partial charge >= 0.3 is 0 Å². The SMILES string of the molecule is Nc1ccc2c(c1)c1ccccc1n2C(=O)c1ccccc1. The van der Waals surface area contributed by atoms with Gasteiger partial charge in [0, 0.05) is 22.0 Å². The van der Waals surface area contributed by atoms with Crippen LogP contribution < -0.4 is 5.73 Å². The van der Waals surface area contributed by atoms with Crippen LogP contribution in [-0.4, -0.2) is 10.5 Å². The number of nitrogen functional groups attached to an aromatic ring is 1. The van der Waals surface area contributed by atoms with Crippen LogP contribution in [0.25, 0.3) is 21.8 Å². The molecule has 4 aromatic rings. The van der Waals surface area contributed by atoms with Crippen LogP contribution in [0, 0.1) is 0 Å². The van der Waals surface area contributed by atoms with E-state index in [-0.39, 0.29) is 5.91 Å². The van der Waals surface area contributed by atoms with Gasteiger partial charge in [-0.05, 0) is 36.4 Å². The van der Waals surface area contributed by atoms with Crippen LogP contribution in [0.3, 0.4) is 0 Å². The van der Waals surface area contributed by atoms with E-state index in [4.69, 9.17) is 5.73 Å². The zero-order valence-electron chi connectivity index (χ0n) is 11.9. The number of para-hydroxylation sites is 1. The highest BCUT2D eigenvalue weighted by Crippen LogP contribution is 2.30. The zero-order valence-corrected chi connectivity index (χ0v) is 11.9. The predicted octanol–water partition coefficient (Wildman–Crippen LogP) is 4.07. The summed E-state index contributed by atoms with van der Waals surface area (Å²) in [5.74, 6) is -0.0310. The molecule has 3 nitrogen and oxygen atoms in total. The molecule has 0 bridgehead atoms. The molecule has 106 valence electrons. The molecule has 3 heteroatoms. The molecule has 0 amide bonds. The number of anilines is 1. The van der Waals surface area contributed by atoms with Crippen molar-refractivity contribution in [2.24, 2.45) is 0 Å². The normalized spacial score (nSPS) is 11.1. The smallest absolute Gasteiger partial charge is 0.262 e. The third-order valence-corrected chi connectivity index (χ3v) is 3.92. The minimum absolute atomic E-state index is 0.0310. The van der Waals surface area contributed by atoms with E-state index in [1.54, 1.807) is 4.57 Å². The topological polar surface area (TPSA) is 48.0 Å². The molecule has 0 spiro atoms. The fourth-order valence-electron chi connectivity index (χ4n) is 2.92. The summed E-state index contributed by atoms with van der Waals surface area (Å²) < 4.78 is 1.76. The van der Waals surface area contributed by atoms with Crippen LogP contribution in [0.4, 0.5) is 5.69 Å². The molecule has 0 aliphatic rings. The van der Waals surface area contributed by atoms with E-state index >= 15 is 0 Å². The molecule has 3 aromatic carbocycles. The fourth-order valence-corrected chi connectivity index (χ4v) is 2.92. The van der Waals surface area contributed by atoms with Gasteiger partial charge in [0.15, 0.2) is 0 Å². The van der Waals surface area contributed by atoms with Gasteiger partial charge in [-0.15, -0.1) is 0 Å². The first-order valence-corrected chi connectivity index (χ1v) is 7.14. The first-order chi connectivity index (χ1) is 10.8. The van der Waals surface area contributed by atoms with Crippen LogP contribution in [0.5, 0.6) is 0 Å². The molecule has 0 aliphatic carbocycles. The molecule has 0 fully saturated rings. The summed E-state index contributed by atoms with van der Waals surface area (Å²) >= 11 is 0. The quantitative estimate of drug-likeness (QED) is 0.536. The molecule has 1 heterocycles. The fraction of sp³-hybridized carbons (Fsp3) is 0. The van der Waals surface area contributed by atoms with Crippen LogP contribution >= 0.6 is 0 Å². The Morgan fingerprint density at radius 2 is 1.45 bits per heavy atom. The van der Waals surface area contributed by atoms with Crippen molar-refractivity contribution in [2.75, 3.05) is 5.73 Å². The van der Waals surface area contributed by atoms with Crippen molar-refractivity contribution in [3.05, 3.63) is 78.4 Å². The zero-order chi connectivity index (χ0) is 15.1. The van der Waals surface area contributed by atoms with E-state index in [1.165, 1.54) is 0 Å². The largest absolute Gasteiger partial charge is 0.399 e. The first-order valence-electron chi connectivity index (χ1n) is 7.14. The van der Waals surface area contributed by atoms with Crippen molar-refractivity contribution in [1.82, 2.24) is 4.57 Å². The Kier molecular flexibility index (Phi) is 2.73. The Balaban J connectivity index is 2.09. The van der Waals surface area contributed by atoms with Gasteiger partial charge in [-0.25, -0.2) is 0 Å². The van der Waals surface area contributed by atoms with Crippen molar-refractivity contribution in [2.45, 2.75) is 0 Å². The maximum atomic E-state index is 13.0.